The molecule has 0 aliphatic carbocycles. The first-order valence-electron chi connectivity index (χ1n) is 8.71. The molecule has 136 valence electrons. The second-order valence-electron chi connectivity index (χ2n) is 6.52. The van der Waals surface area contributed by atoms with Crippen molar-refractivity contribution in [1.29, 1.82) is 0 Å². The van der Waals surface area contributed by atoms with E-state index in [9.17, 15) is 4.79 Å². The molecule has 1 saturated heterocycles. The summed E-state index contributed by atoms with van der Waals surface area (Å²) in [7, 11) is 0. The Morgan fingerprint density at radius 2 is 2.28 bits per heavy atom. The number of nitrogens with zero attached hydrogens (tertiary/aromatic N) is 5. The normalized spacial score (nSPS) is 19.3. The molecular formula is C16H24ClN7O. The number of carbonyl (C=O) groups excluding carboxylic acids is 1. The van der Waals surface area contributed by atoms with Crippen LogP contribution in [0.15, 0.2) is 12.3 Å². The van der Waals surface area contributed by atoms with Gasteiger partial charge < -0.3 is 15.2 Å². The molecule has 8 nitrogen and oxygen atoms in total. The van der Waals surface area contributed by atoms with Crippen LogP contribution in [-0.4, -0.2) is 43.5 Å². The maximum Gasteiger partial charge on any atom is 0.242 e. The van der Waals surface area contributed by atoms with Crippen LogP contribution in [0, 0.1) is 0 Å². The number of amides is 1. The third-order valence-corrected chi connectivity index (χ3v) is 4.89. The topological polar surface area (TPSA) is 89.7 Å². The van der Waals surface area contributed by atoms with Crippen LogP contribution in [0.5, 0.6) is 0 Å². The Morgan fingerprint density at radius 1 is 1.36 bits per heavy atom. The van der Waals surface area contributed by atoms with Crippen molar-refractivity contribution in [3.63, 3.8) is 0 Å². The number of rotatable bonds is 5. The lowest BCUT2D eigenvalue weighted by Gasteiger charge is -2.23. The van der Waals surface area contributed by atoms with Crippen LogP contribution in [0.2, 0.25) is 0 Å². The highest BCUT2D eigenvalue weighted by molar-refractivity contribution is 5.85. The van der Waals surface area contributed by atoms with Crippen LogP contribution in [0.1, 0.15) is 42.5 Å². The number of nitrogens with one attached hydrogen (secondary N) is 2. The Labute approximate surface area is 152 Å². The van der Waals surface area contributed by atoms with E-state index in [1.165, 1.54) is 6.42 Å². The van der Waals surface area contributed by atoms with Gasteiger partial charge in [-0.3, -0.25) is 9.48 Å². The Bertz CT molecular complexity index is 720. The van der Waals surface area contributed by atoms with Gasteiger partial charge in [0.25, 0.3) is 0 Å². The first-order valence-corrected chi connectivity index (χ1v) is 8.71. The van der Waals surface area contributed by atoms with E-state index in [1.54, 1.807) is 6.20 Å². The first kappa shape index (κ1) is 17.9. The molecule has 1 unspecified atom stereocenters. The molecule has 4 heterocycles. The molecule has 25 heavy (non-hydrogen) atoms. The Balaban J connectivity index is 0.00000182. The summed E-state index contributed by atoms with van der Waals surface area (Å²) in [4.78, 5) is 12.3. The van der Waals surface area contributed by atoms with Gasteiger partial charge in [0.15, 0.2) is 5.82 Å². The molecule has 2 aliphatic heterocycles. The quantitative estimate of drug-likeness (QED) is 0.811. The molecule has 9 heteroatoms. The van der Waals surface area contributed by atoms with Gasteiger partial charge in [-0.15, -0.1) is 22.6 Å². The molecule has 1 fully saturated rings. The average molecular weight is 366 g/mol. The molecule has 2 aromatic heterocycles. The number of hydrogen-bond donors (Lipinski definition) is 2. The molecule has 1 amide bonds. The maximum absolute atomic E-state index is 12.3. The molecule has 0 bridgehead atoms. The van der Waals surface area contributed by atoms with E-state index in [2.05, 4.69) is 30.5 Å². The van der Waals surface area contributed by atoms with E-state index < -0.39 is 0 Å². The van der Waals surface area contributed by atoms with E-state index in [0.717, 1.165) is 56.2 Å². The molecule has 2 aliphatic rings. The maximum atomic E-state index is 12.3. The van der Waals surface area contributed by atoms with Crippen molar-refractivity contribution in [1.82, 2.24) is 35.2 Å². The minimum absolute atomic E-state index is 0. The van der Waals surface area contributed by atoms with Crippen molar-refractivity contribution in [3.05, 3.63) is 29.6 Å². The number of aryl methyl sites for hydroxylation is 1. The minimum Gasteiger partial charge on any atom is -0.347 e. The SMILES string of the molecule is Cl.O=C(Cn1nccc1C1CCCNC1)NCc1nnc2n1CCC2. The Hall–Kier alpha value is -1.93. The zero-order valence-corrected chi connectivity index (χ0v) is 15.0. The van der Waals surface area contributed by atoms with Gasteiger partial charge in [-0.1, -0.05) is 0 Å². The summed E-state index contributed by atoms with van der Waals surface area (Å²) in [5, 5.41) is 19.0. The van der Waals surface area contributed by atoms with Crippen molar-refractivity contribution in [2.75, 3.05) is 13.1 Å². The second kappa shape index (κ2) is 7.97. The monoisotopic (exact) mass is 365 g/mol. The van der Waals surface area contributed by atoms with Gasteiger partial charge in [-0.2, -0.15) is 5.10 Å². The molecule has 0 radical (unpaired) electrons. The Morgan fingerprint density at radius 3 is 3.12 bits per heavy atom. The van der Waals surface area contributed by atoms with Crippen LogP contribution in [0.25, 0.3) is 0 Å². The van der Waals surface area contributed by atoms with Crippen molar-refractivity contribution >= 4 is 18.3 Å². The molecule has 0 saturated carbocycles. The summed E-state index contributed by atoms with van der Waals surface area (Å²) < 4.78 is 3.93. The number of piperidine rings is 1. The third-order valence-electron chi connectivity index (χ3n) is 4.89. The number of fused-ring (bicyclic) bond motifs is 1. The minimum atomic E-state index is -0.0425. The summed E-state index contributed by atoms with van der Waals surface area (Å²) >= 11 is 0. The molecule has 1 atom stereocenters. The highest BCUT2D eigenvalue weighted by Crippen LogP contribution is 2.22. The molecule has 0 spiro atoms. The van der Waals surface area contributed by atoms with Gasteiger partial charge in [0.1, 0.15) is 12.4 Å². The predicted octanol–water partition coefficient (Wildman–Crippen LogP) is 0.626. The summed E-state index contributed by atoms with van der Waals surface area (Å²) in [6.45, 7) is 3.66. The summed E-state index contributed by atoms with van der Waals surface area (Å²) in [6.07, 6.45) is 6.18. The van der Waals surface area contributed by atoms with E-state index >= 15 is 0 Å². The molecule has 4 rings (SSSR count). The predicted molar refractivity (Wildman–Crippen MR) is 94.5 cm³/mol. The Kier molecular flexibility index (Phi) is 5.70. The zero-order valence-electron chi connectivity index (χ0n) is 14.1. The van der Waals surface area contributed by atoms with Gasteiger partial charge in [-0.05, 0) is 31.9 Å². The third kappa shape index (κ3) is 3.85. The zero-order chi connectivity index (χ0) is 16.4. The van der Waals surface area contributed by atoms with Crippen molar-refractivity contribution in [3.8, 4) is 0 Å². The lowest BCUT2D eigenvalue weighted by Crippen LogP contribution is -2.32. The molecule has 2 N–H and O–H groups in total. The largest absolute Gasteiger partial charge is 0.347 e. The van der Waals surface area contributed by atoms with Crippen LogP contribution < -0.4 is 10.6 Å². The van der Waals surface area contributed by atoms with Crippen LogP contribution >= 0.6 is 12.4 Å². The lowest BCUT2D eigenvalue weighted by molar-refractivity contribution is -0.122. The van der Waals surface area contributed by atoms with Crippen LogP contribution in [0.3, 0.4) is 0 Å². The standard InChI is InChI=1S/C16H23N7O.ClH/c24-16(18-10-15-21-20-14-4-2-8-22(14)15)11-23-13(5-7-19-23)12-3-1-6-17-9-12;/h5,7,12,17H,1-4,6,8-11H2,(H,18,24);1H. The molecular weight excluding hydrogens is 342 g/mol. The highest BCUT2D eigenvalue weighted by Gasteiger charge is 2.21. The fraction of sp³-hybridized carbons (Fsp3) is 0.625. The number of halogens is 1. The fourth-order valence-corrected chi connectivity index (χ4v) is 3.64. The highest BCUT2D eigenvalue weighted by atomic mass is 35.5. The van der Waals surface area contributed by atoms with Gasteiger partial charge >= 0.3 is 0 Å². The van der Waals surface area contributed by atoms with E-state index in [0.29, 0.717) is 12.5 Å². The lowest BCUT2D eigenvalue weighted by atomic mass is 9.96. The number of carbonyl (C=O) groups is 1. The molecule has 0 aromatic carbocycles. The van der Waals surface area contributed by atoms with Crippen molar-refractivity contribution in [2.24, 2.45) is 0 Å². The summed E-state index contributed by atoms with van der Waals surface area (Å²) in [6, 6.07) is 2.02. The smallest absolute Gasteiger partial charge is 0.242 e. The average Bonchev–Trinajstić information content (AvgIpc) is 3.31. The summed E-state index contributed by atoms with van der Waals surface area (Å²) in [5.74, 6) is 2.26. The number of aromatic nitrogens is 5. The fourth-order valence-electron chi connectivity index (χ4n) is 3.64. The van der Waals surface area contributed by atoms with Crippen LogP contribution in [0.4, 0.5) is 0 Å². The van der Waals surface area contributed by atoms with Gasteiger partial charge in [-0.25, -0.2) is 0 Å². The molecule has 2 aromatic rings. The van der Waals surface area contributed by atoms with Crippen molar-refractivity contribution in [2.45, 2.75) is 51.2 Å². The van der Waals surface area contributed by atoms with Crippen molar-refractivity contribution < 1.29 is 4.79 Å². The number of hydrogen-bond acceptors (Lipinski definition) is 5. The van der Waals surface area contributed by atoms with E-state index in [1.807, 2.05) is 10.7 Å². The van der Waals surface area contributed by atoms with Gasteiger partial charge in [0.2, 0.25) is 5.91 Å². The van der Waals surface area contributed by atoms with E-state index in [4.69, 9.17) is 0 Å². The van der Waals surface area contributed by atoms with Gasteiger partial charge in [0.05, 0.1) is 6.54 Å². The van der Waals surface area contributed by atoms with E-state index in [-0.39, 0.29) is 24.9 Å². The van der Waals surface area contributed by atoms with Gasteiger partial charge in [0, 0.05) is 37.3 Å². The first-order chi connectivity index (χ1) is 11.8. The van der Waals surface area contributed by atoms with Crippen LogP contribution in [-0.2, 0) is 30.8 Å². The second-order valence-corrected chi connectivity index (χ2v) is 6.52. The summed E-state index contributed by atoms with van der Waals surface area (Å²) in [5.41, 5.74) is 1.14.